The van der Waals surface area contributed by atoms with Gasteiger partial charge < -0.3 is 15.4 Å². The molecule has 0 aromatic carbocycles. The van der Waals surface area contributed by atoms with Crippen molar-refractivity contribution in [3.63, 3.8) is 0 Å². The van der Waals surface area contributed by atoms with E-state index >= 15 is 0 Å². The minimum atomic E-state index is -3.30. The number of ether oxygens (including phenoxy) is 1. The number of alkyl halides is 2. The second-order valence-electron chi connectivity index (χ2n) is 6.06. The minimum absolute atomic E-state index is 0.0589. The van der Waals surface area contributed by atoms with Gasteiger partial charge in [-0.3, -0.25) is 4.79 Å². The standard InChI is InChI=1S/C18H20F2N4O2/c1-26-16-6-2-5-14(24-16)18(19,20)11-22-15(25)10-13-8-7-12-4-3-9-21-17(12)23-13/h2,5-8H,3-4,9-11H2,1H3,(H,21,23)(H,22,25). The molecule has 0 spiro atoms. The Hall–Kier alpha value is -2.77. The lowest BCUT2D eigenvalue weighted by Gasteiger charge is -2.18. The summed E-state index contributed by atoms with van der Waals surface area (Å²) in [5.74, 6) is -2.95. The van der Waals surface area contributed by atoms with Crippen molar-refractivity contribution in [3.8, 4) is 5.88 Å². The molecule has 0 saturated carbocycles. The first kappa shape index (κ1) is 18.0. The van der Waals surface area contributed by atoms with Gasteiger partial charge in [0.05, 0.1) is 25.8 Å². The average molecular weight is 362 g/mol. The summed E-state index contributed by atoms with van der Waals surface area (Å²) < 4.78 is 33.3. The molecule has 0 fully saturated rings. The van der Waals surface area contributed by atoms with E-state index in [0.717, 1.165) is 30.8 Å². The van der Waals surface area contributed by atoms with Gasteiger partial charge in [0.1, 0.15) is 11.5 Å². The molecule has 26 heavy (non-hydrogen) atoms. The van der Waals surface area contributed by atoms with Crippen LogP contribution in [0.15, 0.2) is 30.3 Å². The highest BCUT2D eigenvalue weighted by Gasteiger charge is 2.34. The number of methoxy groups -OCH3 is 1. The number of pyridine rings is 2. The third kappa shape index (κ3) is 4.25. The first-order valence-corrected chi connectivity index (χ1v) is 8.36. The van der Waals surface area contributed by atoms with Crippen molar-refractivity contribution in [2.24, 2.45) is 0 Å². The van der Waals surface area contributed by atoms with Gasteiger partial charge in [-0.25, -0.2) is 9.97 Å². The maximum atomic E-state index is 14.2. The van der Waals surface area contributed by atoms with Crippen molar-refractivity contribution < 1.29 is 18.3 Å². The summed E-state index contributed by atoms with van der Waals surface area (Å²) in [5.41, 5.74) is 1.20. The van der Waals surface area contributed by atoms with E-state index in [1.807, 2.05) is 6.07 Å². The van der Waals surface area contributed by atoms with Gasteiger partial charge in [-0.05, 0) is 30.5 Å². The summed E-state index contributed by atoms with van der Waals surface area (Å²) in [5, 5.41) is 5.44. The van der Waals surface area contributed by atoms with Crippen molar-refractivity contribution in [2.75, 3.05) is 25.5 Å². The SMILES string of the molecule is COc1cccc(C(F)(F)CNC(=O)Cc2ccc3c(n2)NCCC3)n1. The number of halogens is 2. The quantitative estimate of drug-likeness (QED) is 0.825. The molecule has 0 bridgehead atoms. The molecule has 6 nitrogen and oxygen atoms in total. The van der Waals surface area contributed by atoms with Crippen LogP contribution in [0.3, 0.4) is 0 Å². The Kier molecular flexibility index (Phi) is 5.29. The van der Waals surface area contributed by atoms with Crippen LogP contribution in [0.2, 0.25) is 0 Å². The zero-order valence-electron chi connectivity index (χ0n) is 14.4. The summed E-state index contributed by atoms with van der Waals surface area (Å²) in [7, 11) is 1.35. The van der Waals surface area contributed by atoms with Gasteiger partial charge >= 0.3 is 5.92 Å². The smallest absolute Gasteiger partial charge is 0.306 e. The molecule has 138 valence electrons. The van der Waals surface area contributed by atoms with E-state index in [2.05, 4.69) is 20.6 Å². The Morgan fingerprint density at radius 3 is 2.96 bits per heavy atom. The van der Waals surface area contributed by atoms with E-state index in [-0.39, 0.29) is 12.3 Å². The molecule has 1 amide bonds. The fraction of sp³-hybridized carbons (Fsp3) is 0.389. The molecule has 2 aromatic heterocycles. The number of hydrogen-bond donors (Lipinski definition) is 2. The van der Waals surface area contributed by atoms with Crippen LogP contribution in [-0.4, -0.2) is 36.1 Å². The Labute approximate surface area is 150 Å². The monoisotopic (exact) mass is 362 g/mol. The van der Waals surface area contributed by atoms with Crippen molar-refractivity contribution in [2.45, 2.75) is 25.2 Å². The number of carbonyl (C=O) groups is 1. The molecule has 1 aliphatic heterocycles. The van der Waals surface area contributed by atoms with Crippen LogP contribution >= 0.6 is 0 Å². The maximum Gasteiger partial charge on any atom is 0.306 e. The van der Waals surface area contributed by atoms with Gasteiger partial charge in [0, 0.05) is 12.6 Å². The second kappa shape index (κ2) is 7.63. The van der Waals surface area contributed by atoms with Crippen molar-refractivity contribution >= 4 is 11.7 Å². The molecular weight excluding hydrogens is 342 g/mol. The van der Waals surface area contributed by atoms with Crippen LogP contribution in [0.1, 0.15) is 23.4 Å². The fourth-order valence-corrected chi connectivity index (χ4v) is 2.73. The Balaban J connectivity index is 1.59. The third-order valence-corrected chi connectivity index (χ3v) is 4.11. The van der Waals surface area contributed by atoms with Crippen LogP contribution in [0.25, 0.3) is 0 Å². The Morgan fingerprint density at radius 1 is 1.31 bits per heavy atom. The molecule has 0 saturated heterocycles. The first-order chi connectivity index (χ1) is 12.5. The summed E-state index contributed by atoms with van der Waals surface area (Å²) in [6, 6.07) is 7.79. The zero-order valence-corrected chi connectivity index (χ0v) is 14.4. The second-order valence-corrected chi connectivity index (χ2v) is 6.06. The van der Waals surface area contributed by atoms with Crippen molar-refractivity contribution in [3.05, 3.63) is 47.3 Å². The van der Waals surface area contributed by atoms with E-state index in [4.69, 9.17) is 4.74 Å². The van der Waals surface area contributed by atoms with E-state index in [1.165, 1.54) is 25.3 Å². The highest BCUT2D eigenvalue weighted by Crippen LogP contribution is 2.27. The molecule has 3 heterocycles. The number of amides is 1. The lowest BCUT2D eigenvalue weighted by Crippen LogP contribution is -2.36. The van der Waals surface area contributed by atoms with Gasteiger partial charge in [0.2, 0.25) is 11.8 Å². The predicted molar refractivity (Wildman–Crippen MR) is 92.4 cm³/mol. The van der Waals surface area contributed by atoms with Gasteiger partial charge in [-0.1, -0.05) is 12.1 Å². The Bertz CT molecular complexity index is 799. The molecule has 8 heteroatoms. The number of nitrogens with one attached hydrogen (secondary N) is 2. The van der Waals surface area contributed by atoms with Gasteiger partial charge in [-0.2, -0.15) is 8.78 Å². The van der Waals surface area contributed by atoms with E-state index in [9.17, 15) is 13.6 Å². The Morgan fingerprint density at radius 2 is 2.15 bits per heavy atom. The molecule has 0 unspecified atom stereocenters. The molecule has 3 rings (SSSR count). The summed E-state index contributed by atoms with van der Waals surface area (Å²) in [4.78, 5) is 20.2. The molecular formula is C18H20F2N4O2. The number of carbonyl (C=O) groups excluding carboxylic acids is 1. The van der Waals surface area contributed by atoms with E-state index in [1.54, 1.807) is 6.07 Å². The minimum Gasteiger partial charge on any atom is -0.481 e. The van der Waals surface area contributed by atoms with Gasteiger partial charge in [0.15, 0.2) is 0 Å². The summed E-state index contributed by atoms with van der Waals surface area (Å²) >= 11 is 0. The van der Waals surface area contributed by atoms with Crippen LogP contribution in [0, 0.1) is 0 Å². The highest BCUT2D eigenvalue weighted by atomic mass is 19.3. The number of aryl methyl sites for hydroxylation is 1. The van der Waals surface area contributed by atoms with E-state index < -0.39 is 24.1 Å². The van der Waals surface area contributed by atoms with Crippen molar-refractivity contribution in [1.29, 1.82) is 0 Å². The first-order valence-electron chi connectivity index (χ1n) is 8.36. The van der Waals surface area contributed by atoms with Gasteiger partial charge in [-0.15, -0.1) is 0 Å². The number of rotatable bonds is 6. The van der Waals surface area contributed by atoms with Crippen LogP contribution in [-0.2, 0) is 23.6 Å². The normalized spacial score (nSPS) is 13.5. The fourth-order valence-electron chi connectivity index (χ4n) is 2.73. The topological polar surface area (TPSA) is 76.1 Å². The third-order valence-electron chi connectivity index (χ3n) is 4.11. The molecule has 2 N–H and O–H groups in total. The molecule has 2 aromatic rings. The lowest BCUT2D eigenvalue weighted by molar-refractivity contribution is -0.122. The van der Waals surface area contributed by atoms with Crippen molar-refractivity contribution in [1.82, 2.24) is 15.3 Å². The molecule has 0 radical (unpaired) electrons. The number of aromatic nitrogens is 2. The van der Waals surface area contributed by atoms with Crippen LogP contribution in [0.4, 0.5) is 14.6 Å². The predicted octanol–water partition coefficient (Wildman–Crippen LogP) is 2.29. The van der Waals surface area contributed by atoms with E-state index in [0.29, 0.717) is 5.69 Å². The average Bonchev–Trinajstić information content (AvgIpc) is 2.66. The van der Waals surface area contributed by atoms with Crippen LogP contribution in [0.5, 0.6) is 5.88 Å². The highest BCUT2D eigenvalue weighted by molar-refractivity contribution is 5.78. The number of anilines is 1. The maximum absolute atomic E-state index is 14.2. The summed E-state index contributed by atoms with van der Waals surface area (Å²) in [6.45, 7) is 0.00457. The number of fused-ring (bicyclic) bond motifs is 1. The molecule has 0 atom stereocenters. The van der Waals surface area contributed by atoms with Gasteiger partial charge in [0.25, 0.3) is 0 Å². The largest absolute Gasteiger partial charge is 0.481 e. The van der Waals surface area contributed by atoms with Crippen LogP contribution < -0.4 is 15.4 Å². The zero-order chi connectivity index (χ0) is 18.6. The molecule has 0 aliphatic carbocycles. The summed E-state index contributed by atoms with van der Waals surface area (Å²) in [6.07, 6.45) is 1.93. The molecule has 1 aliphatic rings. The number of nitrogens with zero attached hydrogens (tertiary/aromatic N) is 2. The number of hydrogen-bond acceptors (Lipinski definition) is 5. The lowest BCUT2D eigenvalue weighted by atomic mass is 10.1.